The number of ether oxygens (including phenoxy) is 1. The highest BCUT2D eigenvalue weighted by Crippen LogP contribution is 2.23. The van der Waals surface area contributed by atoms with Crippen molar-refractivity contribution in [1.82, 2.24) is 5.32 Å². The number of rotatable bonds is 4. The van der Waals surface area contributed by atoms with E-state index in [0.717, 1.165) is 5.56 Å². The van der Waals surface area contributed by atoms with Gasteiger partial charge in [0.1, 0.15) is 0 Å². The number of methoxy groups -OCH3 is 1. The van der Waals surface area contributed by atoms with Gasteiger partial charge in [0.25, 0.3) is 0 Å². The van der Waals surface area contributed by atoms with Crippen LogP contribution in [0, 0.1) is 6.92 Å². The summed E-state index contributed by atoms with van der Waals surface area (Å²) in [5.74, 6) is -0.650. The lowest BCUT2D eigenvalue weighted by molar-refractivity contribution is -0.118. The van der Waals surface area contributed by atoms with Gasteiger partial charge in [-0.3, -0.25) is 4.79 Å². The molecule has 1 aromatic rings. The molecule has 0 bridgehead atoms. The van der Waals surface area contributed by atoms with Crippen LogP contribution in [-0.4, -0.2) is 32.6 Å². The lowest BCUT2D eigenvalue weighted by atomic mass is 10.1. The van der Waals surface area contributed by atoms with Crippen molar-refractivity contribution >= 4 is 23.3 Å². The van der Waals surface area contributed by atoms with Gasteiger partial charge in [0, 0.05) is 18.4 Å². The first kappa shape index (κ1) is 13.8. The number of likely N-dealkylation sites (N-methyl/N-ethyl adjacent to an activating group) is 1. The Labute approximate surface area is 105 Å². The molecule has 0 fully saturated rings. The normalized spacial score (nSPS) is 9.72. The SMILES string of the molecule is CNC(=O)CNc1cc(C)c(N)c(C(=O)OC)c1. The number of nitrogens with two attached hydrogens (primary N) is 1. The van der Waals surface area contributed by atoms with E-state index in [1.54, 1.807) is 26.1 Å². The number of carbonyl (C=O) groups is 2. The van der Waals surface area contributed by atoms with Crippen molar-refractivity contribution < 1.29 is 14.3 Å². The topological polar surface area (TPSA) is 93.5 Å². The van der Waals surface area contributed by atoms with Crippen LogP contribution in [0.4, 0.5) is 11.4 Å². The van der Waals surface area contributed by atoms with Crippen molar-refractivity contribution in [2.45, 2.75) is 6.92 Å². The number of carbonyl (C=O) groups excluding carboxylic acids is 2. The van der Waals surface area contributed by atoms with Crippen LogP contribution < -0.4 is 16.4 Å². The smallest absolute Gasteiger partial charge is 0.340 e. The molecule has 6 nitrogen and oxygen atoms in total. The van der Waals surface area contributed by atoms with Crippen molar-refractivity contribution in [3.05, 3.63) is 23.3 Å². The number of nitrogen functional groups attached to an aromatic ring is 1. The van der Waals surface area contributed by atoms with E-state index in [1.165, 1.54) is 7.11 Å². The van der Waals surface area contributed by atoms with Crippen LogP contribution in [0.3, 0.4) is 0 Å². The van der Waals surface area contributed by atoms with Gasteiger partial charge < -0.3 is 21.1 Å². The van der Waals surface area contributed by atoms with E-state index in [0.29, 0.717) is 11.4 Å². The summed E-state index contributed by atoms with van der Waals surface area (Å²) in [6.45, 7) is 1.91. The monoisotopic (exact) mass is 251 g/mol. The second-order valence-corrected chi connectivity index (χ2v) is 3.77. The lowest BCUT2D eigenvalue weighted by Gasteiger charge is -2.11. The van der Waals surface area contributed by atoms with Crippen molar-refractivity contribution in [2.75, 3.05) is 31.8 Å². The fraction of sp³-hybridized carbons (Fsp3) is 0.333. The van der Waals surface area contributed by atoms with Crippen molar-refractivity contribution in [2.24, 2.45) is 0 Å². The van der Waals surface area contributed by atoms with E-state index in [1.807, 2.05) is 0 Å². The van der Waals surface area contributed by atoms with Gasteiger partial charge in [0.2, 0.25) is 5.91 Å². The third-order valence-electron chi connectivity index (χ3n) is 2.52. The molecule has 0 saturated carbocycles. The summed E-state index contributed by atoms with van der Waals surface area (Å²) in [5, 5.41) is 5.40. The predicted molar refractivity (Wildman–Crippen MR) is 69.5 cm³/mol. The zero-order chi connectivity index (χ0) is 13.7. The van der Waals surface area contributed by atoms with Crippen LogP contribution in [0.25, 0.3) is 0 Å². The average molecular weight is 251 g/mol. The fourth-order valence-electron chi connectivity index (χ4n) is 1.45. The molecule has 0 radical (unpaired) electrons. The van der Waals surface area contributed by atoms with Gasteiger partial charge in [-0.25, -0.2) is 4.79 Å². The third-order valence-corrected chi connectivity index (χ3v) is 2.52. The molecule has 98 valence electrons. The first-order valence-corrected chi connectivity index (χ1v) is 5.42. The standard InChI is InChI=1S/C12H17N3O3/c1-7-4-8(15-6-10(16)14-2)5-9(11(7)13)12(17)18-3/h4-5,15H,6,13H2,1-3H3,(H,14,16). The largest absolute Gasteiger partial charge is 0.465 e. The van der Waals surface area contributed by atoms with Gasteiger partial charge in [-0.2, -0.15) is 0 Å². The Morgan fingerprint density at radius 3 is 2.61 bits per heavy atom. The van der Waals surface area contributed by atoms with Crippen LogP contribution in [0.15, 0.2) is 12.1 Å². The van der Waals surface area contributed by atoms with Crippen LogP contribution in [-0.2, 0) is 9.53 Å². The van der Waals surface area contributed by atoms with E-state index in [9.17, 15) is 9.59 Å². The minimum absolute atomic E-state index is 0.125. The molecule has 0 atom stereocenters. The van der Waals surface area contributed by atoms with E-state index < -0.39 is 5.97 Å². The number of hydrogen-bond acceptors (Lipinski definition) is 5. The van der Waals surface area contributed by atoms with Gasteiger partial charge in [-0.15, -0.1) is 0 Å². The summed E-state index contributed by atoms with van der Waals surface area (Å²) < 4.78 is 4.65. The molecule has 0 aromatic heterocycles. The molecule has 0 aliphatic carbocycles. The molecule has 1 amide bonds. The minimum Gasteiger partial charge on any atom is -0.465 e. The van der Waals surface area contributed by atoms with Crippen LogP contribution in [0.1, 0.15) is 15.9 Å². The van der Waals surface area contributed by atoms with Gasteiger partial charge in [0.15, 0.2) is 0 Å². The zero-order valence-corrected chi connectivity index (χ0v) is 10.7. The van der Waals surface area contributed by atoms with Crippen LogP contribution in [0.5, 0.6) is 0 Å². The van der Waals surface area contributed by atoms with Crippen molar-refractivity contribution in [3.63, 3.8) is 0 Å². The maximum Gasteiger partial charge on any atom is 0.340 e. The highest BCUT2D eigenvalue weighted by atomic mass is 16.5. The number of esters is 1. The van der Waals surface area contributed by atoms with Gasteiger partial charge >= 0.3 is 5.97 Å². The second kappa shape index (κ2) is 5.90. The molecule has 0 unspecified atom stereocenters. The molecule has 0 aliphatic rings. The van der Waals surface area contributed by atoms with E-state index in [4.69, 9.17) is 5.73 Å². The fourth-order valence-corrected chi connectivity index (χ4v) is 1.45. The molecule has 1 aromatic carbocycles. The third kappa shape index (κ3) is 3.13. The zero-order valence-electron chi connectivity index (χ0n) is 10.7. The Morgan fingerprint density at radius 2 is 2.06 bits per heavy atom. The van der Waals surface area contributed by atoms with Gasteiger partial charge in [-0.05, 0) is 24.6 Å². The summed E-state index contributed by atoms with van der Waals surface area (Å²) in [4.78, 5) is 22.6. The van der Waals surface area contributed by atoms with E-state index in [2.05, 4.69) is 15.4 Å². The Morgan fingerprint density at radius 1 is 1.39 bits per heavy atom. The maximum atomic E-state index is 11.5. The summed E-state index contributed by atoms with van der Waals surface area (Å²) in [5.41, 5.74) is 7.86. The Bertz CT molecular complexity index is 472. The van der Waals surface area contributed by atoms with E-state index in [-0.39, 0.29) is 18.0 Å². The van der Waals surface area contributed by atoms with E-state index >= 15 is 0 Å². The van der Waals surface area contributed by atoms with Gasteiger partial charge in [-0.1, -0.05) is 0 Å². The molecular formula is C12H17N3O3. The number of nitrogens with one attached hydrogen (secondary N) is 2. The number of hydrogen-bond donors (Lipinski definition) is 3. The molecule has 0 heterocycles. The summed E-state index contributed by atoms with van der Waals surface area (Å²) >= 11 is 0. The maximum absolute atomic E-state index is 11.5. The molecule has 18 heavy (non-hydrogen) atoms. The van der Waals surface area contributed by atoms with Crippen molar-refractivity contribution in [1.29, 1.82) is 0 Å². The number of aryl methyl sites for hydroxylation is 1. The summed E-state index contributed by atoms with van der Waals surface area (Å²) in [6.07, 6.45) is 0. The first-order valence-electron chi connectivity index (χ1n) is 5.42. The summed E-state index contributed by atoms with van der Waals surface area (Å²) in [7, 11) is 2.85. The molecule has 0 saturated heterocycles. The lowest BCUT2D eigenvalue weighted by Crippen LogP contribution is -2.26. The van der Waals surface area contributed by atoms with Crippen LogP contribution in [0.2, 0.25) is 0 Å². The number of benzene rings is 1. The minimum atomic E-state index is -0.501. The van der Waals surface area contributed by atoms with Crippen LogP contribution >= 0.6 is 0 Å². The molecule has 6 heteroatoms. The Balaban J connectivity index is 2.97. The number of anilines is 2. The summed E-state index contributed by atoms with van der Waals surface area (Å²) in [6, 6.07) is 3.34. The molecule has 0 spiro atoms. The average Bonchev–Trinajstić information content (AvgIpc) is 2.38. The quantitative estimate of drug-likeness (QED) is 0.536. The highest BCUT2D eigenvalue weighted by Gasteiger charge is 2.13. The Hall–Kier alpha value is -2.24. The Kier molecular flexibility index (Phi) is 4.53. The second-order valence-electron chi connectivity index (χ2n) is 3.77. The first-order chi connectivity index (χ1) is 8.49. The molecule has 1 rings (SSSR count). The van der Waals surface area contributed by atoms with Crippen molar-refractivity contribution in [3.8, 4) is 0 Å². The van der Waals surface area contributed by atoms with Gasteiger partial charge in [0.05, 0.1) is 19.2 Å². The highest BCUT2D eigenvalue weighted by molar-refractivity contribution is 5.97. The molecule has 4 N–H and O–H groups in total. The molecular weight excluding hydrogens is 234 g/mol. The predicted octanol–water partition coefficient (Wildman–Crippen LogP) is 0.522. The number of amides is 1. The molecule has 0 aliphatic heterocycles.